The summed E-state index contributed by atoms with van der Waals surface area (Å²) in [5.74, 6) is 1.14. The Morgan fingerprint density at radius 2 is 2.71 bits per heavy atom. The highest BCUT2D eigenvalue weighted by atomic mass is 32.2. The summed E-state index contributed by atoms with van der Waals surface area (Å²) in [6, 6.07) is 2.37. The molecule has 0 radical (unpaired) electrons. The van der Waals surface area contributed by atoms with Crippen molar-refractivity contribution in [2.24, 2.45) is 4.99 Å². The highest BCUT2D eigenvalue weighted by molar-refractivity contribution is 8.13. The highest BCUT2D eigenvalue weighted by Gasteiger charge is 2.12. The first-order chi connectivity index (χ1) is 6.84. The molecule has 5 heteroatoms. The molecule has 1 fully saturated rings. The van der Waals surface area contributed by atoms with Crippen LogP contribution in [-0.2, 0) is 6.54 Å². The molecule has 0 amide bonds. The van der Waals surface area contributed by atoms with Gasteiger partial charge in [0.2, 0.25) is 0 Å². The third-order valence-corrected chi connectivity index (χ3v) is 3.00. The van der Waals surface area contributed by atoms with E-state index in [9.17, 15) is 0 Å². The molecule has 0 bridgehead atoms. The Balaban J connectivity index is 1.91. The van der Waals surface area contributed by atoms with Crippen LogP contribution in [0.4, 0.5) is 0 Å². The fraction of sp³-hybridized carbons (Fsp3) is 0.556. The second kappa shape index (κ2) is 4.50. The largest absolute Gasteiger partial charge is 0.364 e. The molecule has 4 nitrogen and oxygen atoms in total. The van der Waals surface area contributed by atoms with Crippen molar-refractivity contribution in [3.63, 3.8) is 0 Å². The second-order valence-corrected chi connectivity index (χ2v) is 4.38. The summed E-state index contributed by atoms with van der Waals surface area (Å²) in [6.45, 7) is 2.77. The van der Waals surface area contributed by atoms with Crippen LogP contribution < -0.4 is 5.32 Å². The van der Waals surface area contributed by atoms with Gasteiger partial charge in [-0.3, -0.25) is 4.99 Å². The van der Waals surface area contributed by atoms with Gasteiger partial charge in [-0.25, -0.2) is 0 Å². The van der Waals surface area contributed by atoms with E-state index in [1.165, 1.54) is 6.42 Å². The maximum absolute atomic E-state index is 4.73. The molecule has 1 atom stereocenters. The van der Waals surface area contributed by atoms with Crippen LogP contribution in [0, 0.1) is 0 Å². The molecule has 76 valence electrons. The van der Waals surface area contributed by atoms with E-state index in [2.05, 4.69) is 22.4 Å². The van der Waals surface area contributed by atoms with Crippen LogP contribution in [0.15, 0.2) is 21.8 Å². The molecule has 1 aliphatic heterocycles. The van der Waals surface area contributed by atoms with Gasteiger partial charge < -0.3 is 9.84 Å². The SMILES string of the molecule is CC1CCSC(=NCc2ccon2)N1. The monoisotopic (exact) mass is 211 g/mol. The molecule has 0 aromatic carbocycles. The number of rotatable bonds is 2. The van der Waals surface area contributed by atoms with Gasteiger partial charge in [0.05, 0.1) is 6.54 Å². The molecule has 1 unspecified atom stereocenters. The number of amidine groups is 1. The van der Waals surface area contributed by atoms with Gasteiger partial charge in [0.15, 0.2) is 5.17 Å². The predicted molar refractivity (Wildman–Crippen MR) is 57.3 cm³/mol. The van der Waals surface area contributed by atoms with Crippen LogP contribution >= 0.6 is 11.8 Å². The standard InChI is InChI=1S/C9H13N3OS/c1-7-3-5-14-9(11-7)10-6-8-2-4-13-12-8/h2,4,7H,3,5-6H2,1H3,(H,10,11). The Labute approximate surface area is 87.1 Å². The smallest absolute Gasteiger partial charge is 0.157 e. The molecule has 1 aromatic rings. The summed E-state index contributed by atoms with van der Waals surface area (Å²) in [5.41, 5.74) is 0.873. The quantitative estimate of drug-likeness (QED) is 0.808. The Hall–Kier alpha value is -0.970. The zero-order valence-corrected chi connectivity index (χ0v) is 8.88. The summed E-state index contributed by atoms with van der Waals surface area (Å²) >= 11 is 1.77. The zero-order valence-electron chi connectivity index (χ0n) is 8.06. The molecular formula is C9H13N3OS. The van der Waals surface area contributed by atoms with E-state index in [1.807, 2.05) is 6.07 Å². The second-order valence-electron chi connectivity index (χ2n) is 3.29. The number of aromatic nitrogens is 1. The fourth-order valence-corrected chi connectivity index (χ4v) is 2.33. The van der Waals surface area contributed by atoms with Gasteiger partial charge in [0, 0.05) is 17.9 Å². The van der Waals surface area contributed by atoms with Crippen molar-refractivity contribution < 1.29 is 4.52 Å². The van der Waals surface area contributed by atoms with Gasteiger partial charge in [0.25, 0.3) is 0 Å². The summed E-state index contributed by atoms with van der Waals surface area (Å²) in [6.07, 6.45) is 2.77. The summed E-state index contributed by atoms with van der Waals surface area (Å²) < 4.78 is 4.73. The van der Waals surface area contributed by atoms with E-state index in [1.54, 1.807) is 18.0 Å². The molecule has 0 spiro atoms. The molecule has 14 heavy (non-hydrogen) atoms. The van der Waals surface area contributed by atoms with Crippen LogP contribution in [0.25, 0.3) is 0 Å². The molecular weight excluding hydrogens is 198 g/mol. The van der Waals surface area contributed by atoms with Crippen molar-refractivity contribution in [2.75, 3.05) is 5.75 Å². The maximum Gasteiger partial charge on any atom is 0.157 e. The third kappa shape index (κ3) is 2.51. The van der Waals surface area contributed by atoms with Gasteiger partial charge in [0.1, 0.15) is 12.0 Å². The van der Waals surface area contributed by atoms with Gasteiger partial charge in [-0.1, -0.05) is 16.9 Å². The topological polar surface area (TPSA) is 50.4 Å². The van der Waals surface area contributed by atoms with Crippen LogP contribution in [0.2, 0.25) is 0 Å². The number of aliphatic imine (C=N–C) groups is 1. The van der Waals surface area contributed by atoms with E-state index in [0.29, 0.717) is 12.6 Å². The minimum atomic E-state index is 0.535. The van der Waals surface area contributed by atoms with Crippen LogP contribution in [0.3, 0.4) is 0 Å². The van der Waals surface area contributed by atoms with Gasteiger partial charge in [-0.05, 0) is 13.3 Å². The molecule has 0 saturated carbocycles. The van der Waals surface area contributed by atoms with Crippen LogP contribution in [0.5, 0.6) is 0 Å². The first-order valence-corrected chi connectivity index (χ1v) is 5.66. The Morgan fingerprint density at radius 3 is 3.43 bits per heavy atom. The van der Waals surface area contributed by atoms with Gasteiger partial charge in [-0.15, -0.1) is 0 Å². The molecule has 1 N–H and O–H groups in total. The number of nitrogens with one attached hydrogen (secondary N) is 1. The number of hydrogen-bond donors (Lipinski definition) is 1. The lowest BCUT2D eigenvalue weighted by atomic mass is 10.3. The molecule has 1 saturated heterocycles. The van der Waals surface area contributed by atoms with Gasteiger partial charge >= 0.3 is 0 Å². The Morgan fingerprint density at radius 1 is 1.79 bits per heavy atom. The first-order valence-electron chi connectivity index (χ1n) is 4.67. The average molecular weight is 211 g/mol. The van der Waals surface area contributed by atoms with E-state index < -0.39 is 0 Å². The van der Waals surface area contributed by atoms with Crippen molar-refractivity contribution in [1.29, 1.82) is 0 Å². The number of nitrogens with zero attached hydrogens (tertiary/aromatic N) is 2. The lowest BCUT2D eigenvalue weighted by Crippen LogP contribution is -2.35. The van der Waals surface area contributed by atoms with E-state index >= 15 is 0 Å². The molecule has 2 heterocycles. The van der Waals surface area contributed by atoms with Crippen molar-refractivity contribution in [3.05, 3.63) is 18.0 Å². The third-order valence-electron chi connectivity index (χ3n) is 2.04. The number of hydrogen-bond acceptors (Lipinski definition) is 4. The molecule has 1 aromatic heterocycles. The van der Waals surface area contributed by atoms with Crippen molar-refractivity contribution in [1.82, 2.24) is 10.5 Å². The molecule has 0 aliphatic carbocycles. The Kier molecular flexibility index (Phi) is 3.08. The summed E-state index contributed by atoms with van der Waals surface area (Å²) in [7, 11) is 0. The average Bonchev–Trinajstić information content (AvgIpc) is 2.67. The van der Waals surface area contributed by atoms with Crippen molar-refractivity contribution in [3.8, 4) is 0 Å². The van der Waals surface area contributed by atoms with Crippen molar-refractivity contribution >= 4 is 16.9 Å². The summed E-state index contributed by atoms with van der Waals surface area (Å²) in [5, 5.41) is 8.15. The van der Waals surface area contributed by atoms with Crippen LogP contribution in [-0.4, -0.2) is 22.1 Å². The van der Waals surface area contributed by atoms with E-state index in [-0.39, 0.29) is 0 Å². The maximum atomic E-state index is 4.73. The molecule has 2 rings (SSSR count). The van der Waals surface area contributed by atoms with E-state index in [4.69, 9.17) is 4.52 Å². The lowest BCUT2D eigenvalue weighted by Gasteiger charge is -2.21. The Bertz CT molecular complexity index is 310. The zero-order chi connectivity index (χ0) is 9.80. The first kappa shape index (κ1) is 9.58. The predicted octanol–water partition coefficient (Wildman–Crippen LogP) is 1.65. The summed E-state index contributed by atoms with van der Waals surface area (Å²) in [4.78, 5) is 4.42. The van der Waals surface area contributed by atoms with Gasteiger partial charge in [-0.2, -0.15) is 0 Å². The minimum Gasteiger partial charge on any atom is -0.364 e. The van der Waals surface area contributed by atoms with E-state index in [0.717, 1.165) is 16.6 Å². The normalized spacial score (nSPS) is 24.9. The van der Waals surface area contributed by atoms with Crippen molar-refractivity contribution in [2.45, 2.75) is 25.9 Å². The lowest BCUT2D eigenvalue weighted by molar-refractivity contribution is 0.412. The molecule has 1 aliphatic rings. The number of thioether (sulfide) groups is 1. The highest BCUT2D eigenvalue weighted by Crippen LogP contribution is 2.14. The van der Waals surface area contributed by atoms with Crippen LogP contribution in [0.1, 0.15) is 19.0 Å². The minimum absolute atomic E-state index is 0.535. The fourth-order valence-electron chi connectivity index (χ4n) is 1.22.